The molecule has 0 amide bonds. The van der Waals surface area contributed by atoms with Crippen molar-refractivity contribution >= 4 is 0 Å². The lowest BCUT2D eigenvalue weighted by Crippen LogP contribution is -2.45. The van der Waals surface area contributed by atoms with E-state index in [0.29, 0.717) is 6.04 Å². The number of unbranched alkanes of at least 4 members (excludes halogenated alkanes) is 2. The van der Waals surface area contributed by atoms with Crippen LogP contribution in [0.4, 0.5) is 0 Å². The van der Waals surface area contributed by atoms with Gasteiger partial charge in [0.15, 0.2) is 0 Å². The zero-order valence-electron chi connectivity index (χ0n) is 12.4. The molecule has 1 aliphatic rings. The van der Waals surface area contributed by atoms with E-state index in [1.165, 1.54) is 24.8 Å². The Hall–Kier alpha value is -1.37. The van der Waals surface area contributed by atoms with Crippen molar-refractivity contribution in [3.05, 3.63) is 35.4 Å². The van der Waals surface area contributed by atoms with Crippen LogP contribution in [0.25, 0.3) is 0 Å². The van der Waals surface area contributed by atoms with Crippen molar-refractivity contribution in [2.45, 2.75) is 38.6 Å². The van der Waals surface area contributed by atoms with Crippen molar-refractivity contribution in [1.29, 1.82) is 5.26 Å². The highest BCUT2D eigenvalue weighted by Gasteiger charge is 2.23. The van der Waals surface area contributed by atoms with Crippen LogP contribution in [0.2, 0.25) is 0 Å². The van der Waals surface area contributed by atoms with Crippen LogP contribution in [0.3, 0.4) is 0 Å². The molecule has 1 N–H and O–H groups in total. The molecule has 0 radical (unpaired) electrons. The van der Waals surface area contributed by atoms with Crippen LogP contribution in [0, 0.1) is 11.3 Å². The lowest BCUT2D eigenvalue weighted by atomic mass is 9.94. The second-order valence-electron chi connectivity index (χ2n) is 5.50. The fourth-order valence-corrected chi connectivity index (χ4v) is 3.01. The highest BCUT2D eigenvalue weighted by atomic mass is 15.2. The first-order valence-corrected chi connectivity index (χ1v) is 7.80. The zero-order chi connectivity index (χ0) is 14.2. The standard InChI is InChI=1S/C17H25N3/c1-2-3-4-9-17(20-12-10-19-11-13-20)16-8-6-5-7-15(16)14-18/h5-8,17,19H,2-4,9-13H2,1H3/t17-/m0/s1. The molecule has 3 heteroatoms. The molecule has 1 saturated heterocycles. The van der Waals surface area contributed by atoms with Crippen LogP contribution < -0.4 is 5.32 Å². The summed E-state index contributed by atoms with van der Waals surface area (Å²) in [5.41, 5.74) is 2.06. The smallest absolute Gasteiger partial charge is 0.0995 e. The fourth-order valence-electron chi connectivity index (χ4n) is 3.01. The number of benzene rings is 1. The van der Waals surface area contributed by atoms with Crippen molar-refractivity contribution in [1.82, 2.24) is 10.2 Å². The van der Waals surface area contributed by atoms with Gasteiger partial charge in [-0.3, -0.25) is 4.90 Å². The quantitative estimate of drug-likeness (QED) is 0.808. The maximum absolute atomic E-state index is 9.36. The van der Waals surface area contributed by atoms with Crippen LogP contribution >= 0.6 is 0 Å². The van der Waals surface area contributed by atoms with Gasteiger partial charge in [-0.15, -0.1) is 0 Å². The normalized spacial score (nSPS) is 17.6. The van der Waals surface area contributed by atoms with Crippen molar-refractivity contribution in [2.24, 2.45) is 0 Å². The van der Waals surface area contributed by atoms with Gasteiger partial charge < -0.3 is 5.32 Å². The molecule has 0 saturated carbocycles. The van der Waals surface area contributed by atoms with Gasteiger partial charge in [0.1, 0.15) is 0 Å². The molecule has 0 unspecified atom stereocenters. The summed E-state index contributed by atoms with van der Waals surface area (Å²) in [6.45, 7) is 6.51. The molecule has 2 rings (SSSR count). The average molecular weight is 271 g/mol. The molecule has 0 aliphatic carbocycles. The monoisotopic (exact) mass is 271 g/mol. The number of hydrogen-bond acceptors (Lipinski definition) is 3. The van der Waals surface area contributed by atoms with Crippen LogP contribution in [-0.4, -0.2) is 31.1 Å². The molecule has 1 atom stereocenters. The summed E-state index contributed by atoms with van der Waals surface area (Å²) in [6, 6.07) is 10.9. The first-order valence-electron chi connectivity index (χ1n) is 7.80. The predicted octanol–water partition coefficient (Wildman–Crippen LogP) is 3.08. The van der Waals surface area contributed by atoms with Crippen molar-refractivity contribution in [2.75, 3.05) is 26.2 Å². The molecular weight excluding hydrogens is 246 g/mol. The summed E-state index contributed by atoms with van der Waals surface area (Å²) >= 11 is 0. The van der Waals surface area contributed by atoms with E-state index in [-0.39, 0.29) is 0 Å². The lowest BCUT2D eigenvalue weighted by molar-refractivity contribution is 0.162. The summed E-state index contributed by atoms with van der Waals surface area (Å²) in [7, 11) is 0. The molecule has 108 valence electrons. The van der Waals surface area contributed by atoms with Crippen LogP contribution in [0.5, 0.6) is 0 Å². The summed E-state index contributed by atoms with van der Waals surface area (Å²) < 4.78 is 0. The highest BCUT2D eigenvalue weighted by Crippen LogP contribution is 2.29. The Kier molecular flexibility index (Phi) is 6.04. The molecular formula is C17H25N3. The number of nitrogens with one attached hydrogen (secondary N) is 1. The third-order valence-electron chi connectivity index (χ3n) is 4.11. The van der Waals surface area contributed by atoms with Crippen LogP contribution in [0.15, 0.2) is 24.3 Å². The number of rotatable bonds is 6. The number of nitrogens with zero attached hydrogens (tertiary/aromatic N) is 2. The van der Waals surface area contributed by atoms with Gasteiger partial charge >= 0.3 is 0 Å². The molecule has 1 heterocycles. The van der Waals surface area contributed by atoms with Crippen molar-refractivity contribution < 1.29 is 0 Å². The van der Waals surface area contributed by atoms with Gasteiger partial charge in [0.25, 0.3) is 0 Å². The minimum Gasteiger partial charge on any atom is -0.314 e. The van der Waals surface area contributed by atoms with Crippen molar-refractivity contribution in [3.63, 3.8) is 0 Å². The van der Waals surface area contributed by atoms with E-state index in [9.17, 15) is 5.26 Å². The topological polar surface area (TPSA) is 39.1 Å². The molecule has 0 bridgehead atoms. The first-order chi connectivity index (χ1) is 9.86. The second-order valence-corrected chi connectivity index (χ2v) is 5.50. The zero-order valence-corrected chi connectivity index (χ0v) is 12.4. The molecule has 3 nitrogen and oxygen atoms in total. The molecule has 1 aromatic carbocycles. The largest absolute Gasteiger partial charge is 0.314 e. The van der Waals surface area contributed by atoms with Gasteiger partial charge in [-0.1, -0.05) is 44.4 Å². The van der Waals surface area contributed by atoms with Gasteiger partial charge in [0, 0.05) is 32.2 Å². The number of hydrogen-bond donors (Lipinski definition) is 1. The van der Waals surface area contributed by atoms with E-state index in [2.05, 4.69) is 35.3 Å². The summed E-state index contributed by atoms with van der Waals surface area (Å²) in [6.07, 6.45) is 4.92. The first kappa shape index (κ1) is 15.0. The Morgan fingerprint density at radius 1 is 1.25 bits per heavy atom. The second kappa shape index (κ2) is 8.04. The summed E-state index contributed by atoms with van der Waals surface area (Å²) in [5, 5.41) is 12.8. The summed E-state index contributed by atoms with van der Waals surface area (Å²) in [5.74, 6) is 0. The van der Waals surface area contributed by atoms with E-state index >= 15 is 0 Å². The number of nitriles is 1. The van der Waals surface area contributed by atoms with E-state index in [0.717, 1.165) is 38.2 Å². The number of piperazine rings is 1. The SMILES string of the molecule is CCCCC[C@@H](c1ccccc1C#N)N1CCNCC1. The van der Waals surface area contributed by atoms with Gasteiger partial charge in [0.05, 0.1) is 11.6 Å². The van der Waals surface area contributed by atoms with E-state index < -0.39 is 0 Å². The minimum absolute atomic E-state index is 0.402. The predicted molar refractivity (Wildman–Crippen MR) is 82.5 cm³/mol. The molecule has 20 heavy (non-hydrogen) atoms. The van der Waals surface area contributed by atoms with Crippen LogP contribution in [0.1, 0.15) is 49.8 Å². The lowest BCUT2D eigenvalue weighted by Gasteiger charge is -2.35. The van der Waals surface area contributed by atoms with Crippen LogP contribution in [-0.2, 0) is 0 Å². The fraction of sp³-hybridized carbons (Fsp3) is 0.588. The molecule has 0 aromatic heterocycles. The Morgan fingerprint density at radius 2 is 2.00 bits per heavy atom. The Morgan fingerprint density at radius 3 is 2.70 bits per heavy atom. The Bertz CT molecular complexity index is 444. The third-order valence-corrected chi connectivity index (χ3v) is 4.11. The van der Waals surface area contributed by atoms with Gasteiger partial charge in [0.2, 0.25) is 0 Å². The van der Waals surface area contributed by atoms with E-state index in [1.807, 2.05) is 12.1 Å². The van der Waals surface area contributed by atoms with Gasteiger partial charge in [-0.05, 0) is 18.1 Å². The Balaban J connectivity index is 2.18. The third kappa shape index (κ3) is 3.82. The van der Waals surface area contributed by atoms with Gasteiger partial charge in [-0.25, -0.2) is 0 Å². The van der Waals surface area contributed by atoms with Crippen molar-refractivity contribution in [3.8, 4) is 6.07 Å². The molecule has 1 fully saturated rings. The minimum atomic E-state index is 0.402. The molecule has 1 aromatic rings. The molecule has 0 spiro atoms. The molecule has 1 aliphatic heterocycles. The maximum atomic E-state index is 9.36. The van der Waals surface area contributed by atoms with Gasteiger partial charge in [-0.2, -0.15) is 5.26 Å². The maximum Gasteiger partial charge on any atom is 0.0995 e. The average Bonchev–Trinajstić information content (AvgIpc) is 2.52. The van der Waals surface area contributed by atoms with E-state index in [1.54, 1.807) is 0 Å². The summed E-state index contributed by atoms with van der Waals surface area (Å²) in [4.78, 5) is 2.54. The van der Waals surface area contributed by atoms with E-state index in [4.69, 9.17) is 0 Å². The highest BCUT2D eigenvalue weighted by molar-refractivity contribution is 5.39. The Labute approximate surface area is 122 Å².